The summed E-state index contributed by atoms with van der Waals surface area (Å²) in [6, 6.07) is 16.0. The summed E-state index contributed by atoms with van der Waals surface area (Å²) in [6.07, 6.45) is 1.74. The van der Waals surface area contributed by atoms with E-state index in [-0.39, 0.29) is 5.56 Å². The molecule has 34 heavy (non-hydrogen) atoms. The van der Waals surface area contributed by atoms with E-state index in [0.29, 0.717) is 16.5 Å². The first kappa shape index (κ1) is 23.3. The predicted octanol–water partition coefficient (Wildman–Crippen LogP) is 3.51. The third kappa shape index (κ3) is 4.87. The molecule has 4 rings (SSSR count). The smallest absolute Gasteiger partial charge is 0.304 e. The molecule has 0 aliphatic carbocycles. The lowest BCUT2D eigenvalue weighted by molar-refractivity contribution is -0.596. The standard InChI is InChI=1S/C25H21ClFN3O4/c1-33-20-12-3-15(13-21(20)34-2)14-30-23(16-4-8-18(26)9-5-16)22(25(32)29-30)28-24(31)17-6-10-19(27)11-7-17/h3-14,22-23H,1-2H3,(H-,28,29,31,32)/p+1/b30-14-/t22-,23-/m0/s1. The maximum absolute atomic E-state index is 13.3. The first-order valence-electron chi connectivity index (χ1n) is 10.4. The van der Waals surface area contributed by atoms with Gasteiger partial charge >= 0.3 is 5.91 Å². The van der Waals surface area contributed by atoms with Gasteiger partial charge in [0.25, 0.3) is 5.91 Å². The van der Waals surface area contributed by atoms with Crippen LogP contribution in [-0.4, -0.2) is 43.0 Å². The molecule has 0 radical (unpaired) electrons. The molecule has 9 heteroatoms. The summed E-state index contributed by atoms with van der Waals surface area (Å²) in [5.41, 5.74) is 4.54. The van der Waals surface area contributed by atoms with Gasteiger partial charge < -0.3 is 14.8 Å². The molecule has 7 nitrogen and oxygen atoms in total. The number of nitrogens with zero attached hydrogens (tertiary/aromatic N) is 1. The van der Waals surface area contributed by atoms with Crippen molar-refractivity contribution in [3.63, 3.8) is 0 Å². The van der Waals surface area contributed by atoms with Crippen molar-refractivity contribution >= 4 is 29.6 Å². The molecule has 1 saturated heterocycles. The molecule has 0 bridgehead atoms. The number of hydrazone groups is 1. The van der Waals surface area contributed by atoms with E-state index in [1.165, 1.54) is 31.4 Å². The Kier molecular flexibility index (Phi) is 6.79. The lowest BCUT2D eigenvalue weighted by atomic mass is 9.99. The lowest BCUT2D eigenvalue weighted by Gasteiger charge is -2.15. The summed E-state index contributed by atoms with van der Waals surface area (Å²) in [5.74, 6) is -0.237. The summed E-state index contributed by atoms with van der Waals surface area (Å²) in [5, 5.41) is 3.32. The van der Waals surface area contributed by atoms with Gasteiger partial charge in [0.1, 0.15) is 5.82 Å². The SMILES string of the molecule is COc1ccc(/C=[N+]2\NC(=O)[C@@H](NC(=O)c3ccc(F)cc3)[C@@H]2c2ccc(Cl)cc2)cc1OC. The maximum Gasteiger partial charge on any atom is 0.304 e. The van der Waals surface area contributed by atoms with Crippen molar-refractivity contribution in [1.82, 2.24) is 10.7 Å². The molecule has 2 atom stereocenters. The van der Waals surface area contributed by atoms with Crippen molar-refractivity contribution in [2.75, 3.05) is 14.2 Å². The van der Waals surface area contributed by atoms with Gasteiger partial charge in [0, 0.05) is 21.7 Å². The molecule has 2 N–H and O–H groups in total. The number of nitrogens with one attached hydrogen (secondary N) is 2. The number of halogens is 2. The highest BCUT2D eigenvalue weighted by Gasteiger charge is 2.47. The van der Waals surface area contributed by atoms with E-state index in [2.05, 4.69) is 10.7 Å². The van der Waals surface area contributed by atoms with E-state index < -0.39 is 29.7 Å². The van der Waals surface area contributed by atoms with E-state index in [4.69, 9.17) is 21.1 Å². The molecular formula is C25H22ClFN3O4+. The molecule has 0 aromatic heterocycles. The van der Waals surface area contributed by atoms with Crippen LogP contribution in [0.3, 0.4) is 0 Å². The summed E-state index contributed by atoms with van der Waals surface area (Å²) >= 11 is 6.06. The number of benzene rings is 3. The van der Waals surface area contributed by atoms with E-state index in [9.17, 15) is 14.0 Å². The topological polar surface area (TPSA) is 79.7 Å². The molecule has 0 saturated carbocycles. The Balaban J connectivity index is 1.71. The van der Waals surface area contributed by atoms with Crippen molar-refractivity contribution in [3.8, 4) is 11.5 Å². The third-order valence-corrected chi connectivity index (χ3v) is 5.69. The highest BCUT2D eigenvalue weighted by molar-refractivity contribution is 6.30. The van der Waals surface area contributed by atoms with Crippen molar-refractivity contribution in [2.24, 2.45) is 0 Å². The fourth-order valence-electron chi connectivity index (χ4n) is 3.76. The number of methoxy groups -OCH3 is 2. The van der Waals surface area contributed by atoms with Crippen molar-refractivity contribution in [3.05, 3.63) is 94.3 Å². The Labute approximate surface area is 200 Å². The molecule has 1 fully saturated rings. The second kappa shape index (κ2) is 9.93. The molecule has 174 valence electrons. The minimum Gasteiger partial charge on any atom is -0.493 e. The Bertz CT molecular complexity index is 1250. The summed E-state index contributed by atoms with van der Waals surface area (Å²) in [4.78, 5) is 25.8. The van der Waals surface area contributed by atoms with Gasteiger partial charge in [-0.3, -0.25) is 9.59 Å². The second-order valence-electron chi connectivity index (χ2n) is 7.58. The van der Waals surface area contributed by atoms with Crippen LogP contribution >= 0.6 is 11.6 Å². The lowest BCUT2D eigenvalue weighted by Crippen LogP contribution is -2.42. The van der Waals surface area contributed by atoms with Crippen LogP contribution in [0.4, 0.5) is 4.39 Å². The number of hydrazine groups is 1. The fraction of sp³-hybridized carbons (Fsp3) is 0.160. The average Bonchev–Trinajstić information content (AvgIpc) is 3.14. The Morgan fingerprint density at radius 3 is 2.35 bits per heavy atom. The fourth-order valence-corrected chi connectivity index (χ4v) is 3.89. The van der Waals surface area contributed by atoms with Gasteiger partial charge in [-0.05, 0) is 54.6 Å². The minimum absolute atomic E-state index is 0.242. The largest absolute Gasteiger partial charge is 0.493 e. The predicted molar refractivity (Wildman–Crippen MR) is 125 cm³/mol. The van der Waals surface area contributed by atoms with Gasteiger partial charge in [-0.2, -0.15) is 0 Å². The first-order valence-corrected chi connectivity index (χ1v) is 10.7. The molecular weight excluding hydrogens is 461 g/mol. The Morgan fingerprint density at radius 1 is 1.03 bits per heavy atom. The number of amides is 2. The molecule has 3 aromatic rings. The van der Waals surface area contributed by atoms with Crippen LogP contribution in [0.25, 0.3) is 0 Å². The minimum atomic E-state index is -0.921. The highest BCUT2D eigenvalue weighted by Crippen LogP contribution is 2.29. The van der Waals surface area contributed by atoms with Crippen LogP contribution in [0.1, 0.15) is 27.5 Å². The van der Waals surface area contributed by atoms with E-state index in [1.807, 2.05) is 6.07 Å². The van der Waals surface area contributed by atoms with E-state index in [1.54, 1.807) is 54.4 Å². The van der Waals surface area contributed by atoms with Gasteiger partial charge in [-0.1, -0.05) is 23.7 Å². The average molecular weight is 483 g/mol. The summed E-state index contributed by atoms with van der Waals surface area (Å²) in [7, 11) is 3.09. The molecule has 3 aromatic carbocycles. The van der Waals surface area contributed by atoms with Gasteiger partial charge in [0.2, 0.25) is 12.3 Å². The monoisotopic (exact) mass is 482 g/mol. The molecule has 1 aliphatic rings. The zero-order valence-corrected chi connectivity index (χ0v) is 19.2. The van der Waals surface area contributed by atoms with Crippen molar-refractivity contribution in [1.29, 1.82) is 0 Å². The number of carbonyl (C=O) groups excluding carboxylic acids is 2. The van der Waals surface area contributed by atoms with Crippen LogP contribution in [0.5, 0.6) is 11.5 Å². The number of rotatable bonds is 6. The Hall–Kier alpha value is -3.91. The molecule has 2 amide bonds. The molecule has 1 aliphatic heterocycles. The first-order chi connectivity index (χ1) is 16.4. The van der Waals surface area contributed by atoms with Crippen LogP contribution in [0.15, 0.2) is 66.7 Å². The molecule has 1 heterocycles. The van der Waals surface area contributed by atoms with Crippen molar-refractivity contribution < 1.29 is 28.1 Å². The summed E-state index contributed by atoms with van der Waals surface area (Å²) < 4.78 is 25.5. The molecule has 0 spiro atoms. The van der Waals surface area contributed by atoms with Crippen LogP contribution in [0.2, 0.25) is 5.02 Å². The maximum atomic E-state index is 13.3. The van der Waals surface area contributed by atoms with Gasteiger partial charge in [0.05, 0.1) is 14.2 Å². The summed E-state index contributed by atoms with van der Waals surface area (Å²) in [6.45, 7) is 0. The van der Waals surface area contributed by atoms with Crippen LogP contribution in [0, 0.1) is 5.82 Å². The zero-order chi connectivity index (χ0) is 24.2. The van der Waals surface area contributed by atoms with Gasteiger partial charge in [-0.25, -0.2) is 4.39 Å². The third-order valence-electron chi connectivity index (χ3n) is 5.44. The number of hydrogen-bond donors (Lipinski definition) is 2. The van der Waals surface area contributed by atoms with Gasteiger partial charge in [-0.15, -0.1) is 10.1 Å². The number of ether oxygens (including phenoxy) is 2. The second-order valence-corrected chi connectivity index (χ2v) is 8.02. The number of hydrogen-bond acceptors (Lipinski definition) is 4. The quantitative estimate of drug-likeness (QED) is 0.527. The van der Waals surface area contributed by atoms with Crippen LogP contribution in [-0.2, 0) is 4.79 Å². The Morgan fingerprint density at radius 2 is 1.71 bits per heavy atom. The normalized spacial score (nSPS) is 18.5. The zero-order valence-electron chi connectivity index (χ0n) is 18.4. The van der Waals surface area contributed by atoms with Crippen LogP contribution < -0.4 is 20.2 Å². The molecule has 0 unspecified atom stereocenters. The van der Waals surface area contributed by atoms with Gasteiger partial charge in [0.15, 0.2) is 17.5 Å². The van der Waals surface area contributed by atoms with E-state index >= 15 is 0 Å². The number of carbonyl (C=O) groups is 2. The highest BCUT2D eigenvalue weighted by atomic mass is 35.5. The van der Waals surface area contributed by atoms with E-state index in [0.717, 1.165) is 11.1 Å². The van der Waals surface area contributed by atoms with Crippen molar-refractivity contribution in [2.45, 2.75) is 12.1 Å².